The number of rotatable bonds is 4. The Bertz CT molecular complexity index is 929. The van der Waals surface area contributed by atoms with Gasteiger partial charge in [0.25, 0.3) is 5.91 Å². The van der Waals surface area contributed by atoms with Crippen molar-refractivity contribution in [2.45, 2.75) is 19.8 Å². The molecule has 4 rings (SSSR count). The molecule has 0 unspecified atom stereocenters. The van der Waals surface area contributed by atoms with Crippen LogP contribution in [-0.2, 0) is 0 Å². The minimum Gasteiger partial charge on any atom is -0.339 e. The molecule has 134 valence electrons. The Labute approximate surface area is 154 Å². The Morgan fingerprint density at radius 3 is 2.73 bits per heavy atom. The van der Waals surface area contributed by atoms with E-state index in [4.69, 9.17) is 0 Å². The van der Waals surface area contributed by atoms with Gasteiger partial charge in [0.2, 0.25) is 0 Å². The highest BCUT2D eigenvalue weighted by molar-refractivity contribution is 6.15. The molecule has 0 bridgehead atoms. The van der Waals surface area contributed by atoms with E-state index in [0.29, 0.717) is 5.92 Å². The van der Waals surface area contributed by atoms with E-state index in [1.165, 1.54) is 0 Å². The number of nitrogens with one attached hydrogen (secondary N) is 1. The van der Waals surface area contributed by atoms with Crippen LogP contribution in [0.4, 0.5) is 0 Å². The van der Waals surface area contributed by atoms with E-state index in [9.17, 15) is 4.79 Å². The molecule has 1 fully saturated rings. The molecule has 0 aliphatic carbocycles. The lowest BCUT2D eigenvalue weighted by molar-refractivity contribution is 0.0692. The van der Waals surface area contributed by atoms with Crippen molar-refractivity contribution in [1.29, 1.82) is 0 Å². The van der Waals surface area contributed by atoms with Crippen molar-refractivity contribution in [2.75, 3.05) is 26.2 Å². The normalized spacial score (nSPS) is 15.7. The fourth-order valence-corrected chi connectivity index (χ4v) is 3.95. The predicted molar refractivity (Wildman–Crippen MR) is 106 cm³/mol. The van der Waals surface area contributed by atoms with E-state index in [0.717, 1.165) is 66.3 Å². The van der Waals surface area contributed by atoms with Crippen LogP contribution in [0, 0.1) is 5.92 Å². The summed E-state index contributed by atoms with van der Waals surface area (Å²) >= 11 is 0. The SMILES string of the molecule is CCNCC1CCN(C(=O)c2cc3ccccc3c3cccnc23)CC1. The average Bonchev–Trinajstić information content (AvgIpc) is 2.71. The van der Waals surface area contributed by atoms with Gasteiger partial charge in [-0.05, 0) is 54.8 Å². The molecule has 1 aromatic heterocycles. The van der Waals surface area contributed by atoms with Crippen LogP contribution in [0.5, 0.6) is 0 Å². The third kappa shape index (κ3) is 3.17. The second-order valence-corrected chi connectivity index (χ2v) is 7.09. The number of nitrogens with zero attached hydrogens (tertiary/aromatic N) is 2. The monoisotopic (exact) mass is 347 g/mol. The van der Waals surface area contributed by atoms with Crippen molar-refractivity contribution in [1.82, 2.24) is 15.2 Å². The molecular formula is C22H25N3O. The molecule has 1 aliphatic rings. The first kappa shape index (κ1) is 17.0. The Hall–Kier alpha value is -2.46. The first-order chi connectivity index (χ1) is 12.8. The van der Waals surface area contributed by atoms with Crippen LogP contribution in [0.3, 0.4) is 0 Å². The van der Waals surface area contributed by atoms with E-state index in [2.05, 4.69) is 35.4 Å². The molecule has 3 aromatic rings. The number of amides is 1. The van der Waals surface area contributed by atoms with Crippen molar-refractivity contribution in [3.8, 4) is 0 Å². The number of benzene rings is 2. The molecule has 0 saturated carbocycles. The summed E-state index contributed by atoms with van der Waals surface area (Å²) in [6.07, 6.45) is 3.91. The second kappa shape index (κ2) is 7.42. The van der Waals surface area contributed by atoms with Crippen molar-refractivity contribution in [3.63, 3.8) is 0 Å². The molecule has 2 aromatic carbocycles. The summed E-state index contributed by atoms with van der Waals surface area (Å²) in [6.45, 7) is 5.86. The van der Waals surface area contributed by atoms with Crippen molar-refractivity contribution in [2.24, 2.45) is 5.92 Å². The summed E-state index contributed by atoms with van der Waals surface area (Å²) in [6, 6.07) is 14.2. The Morgan fingerprint density at radius 1 is 1.15 bits per heavy atom. The highest BCUT2D eigenvalue weighted by atomic mass is 16.2. The number of likely N-dealkylation sites (tertiary alicyclic amines) is 1. The number of hydrogen-bond acceptors (Lipinski definition) is 3. The van der Waals surface area contributed by atoms with Gasteiger partial charge in [0.05, 0.1) is 11.1 Å². The molecule has 4 nitrogen and oxygen atoms in total. The quantitative estimate of drug-likeness (QED) is 0.729. The maximum absolute atomic E-state index is 13.2. The van der Waals surface area contributed by atoms with Gasteiger partial charge in [0, 0.05) is 24.7 Å². The molecule has 0 atom stereocenters. The number of carbonyl (C=O) groups excluding carboxylic acids is 1. The number of hydrogen-bond donors (Lipinski definition) is 1. The number of carbonyl (C=O) groups is 1. The van der Waals surface area contributed by atoms with Crippen LogP contribution < -0.4 is 5.32 Å². The topological polar surface area (TPSA) is 45.2 Å². The van der Waals surface area contributed by atoms with Gasteiger partial charge in [-0.1, -0.05) is 37.3 Å². The van der Waals surface area contributed by atoms with Gasteiger partial charge in [-0.3, -0.25) is 9.78 Å². The lowest BCUT2D eigenvalue weighted by atomic mass is 9.95. The minimum atomic E-state index is 0.112. The maximum atomic E-state index is 13.2. The zero-order chi connectivity index (χ0) is 17.9. The van der Waals surface area contributed by atoms with E-state index < -0.39 is 0 Å². The summed E-state index contributed by atoms with van der Waals surface area (Å²) in [5, 5.41) is 6.72. The molecule has 1 saturated heterocycles. The summed E-state index contributed by atoms with van der Waals surface area (Å²) in [7, 11) is 0. The van der Waals surface area contributed by atoms with Crippen LogP contribution in [0.25, 0.3) is 21.7 Å². The summed E-state index contributed by atoms with van der Waals surface area (Å²) in [5.41, 5.74) is 1.54. The smallest absolute Gasteiger partial charge is 0.256 e. The van der Waals surface area contributed by atoms with Gasteiger partial charge in [-0.15, -0.1) is 0 Å². The predicted octanol–water partition coefficient (Wildman–Crippen LogP) is 3.85. The maximum Gasteiger partial charge on any atom is 0.256 e. The van der Waals surface area contributed by atoms with Gasteiger partial charge in [-0.2, -0.15) is 0 Å². The summed E-state index contributed by atoms with van der Waals surface area (Å²) in [5.74, 6) is 0.784. The first-order valence-corrected chi connectivity index (χ1v) is 9.54. The van der Waals surface area contributed by atoms with Gasteiger partial charge in [-0.25, -0.2) is 0 Å². The van der Waals surface area contributed by atoms with E-state index >= 15 is 0 Å². The molecule has 0 spiro atoms. The van der Waals surface area contributed by atoms with E-state index in [1.807, 2.05) is 29.2 Å². The van der Waals surface area contributed by atoms with Crippen LogP contribution in [-0.4, -0.2) is 42.0 Å². The highest BCUT2D eigenvalue weighted by Crippen LogP contribution is 2.29. The standard InChI is InChI=1S/C22H25N3O/c1-2-23-15-16-9-12-25(13-10-16)22(26)20-14-17-6-3-4-7-18(17)19-8-5-11-24-21(19)20/h3-8,11,14,16,23H,2,9-10,12-13,15H2,1H3. The molecule has 2 heterocycles. The molecule has 26 heavy (non-hydrogen) atoms. The van der Waals surface area contributed by atoms with Crippen molar-refractivity contribution in [3.05, 3.63) is 54.2 Å². The number of pyridine rings is 1. The third-order valence-corrected chi connectivity index (χ3v) is 5.43. The van der Waals surface area contributed by atoms with E-state index in [-0.39, 0.29) is 5.91 Å². The largest absolute Gasteiger partial charge is 0.339 e. The Kier molecular flexibility index (Phi) is 4.85. The van der Waals surface area contributed by atoms with Gasteiger partial charge in [0.15, 0.2) is 0 Å². The fourth-order valence-electron chi connectivity index (χ4n) is 3.95. The van der Waals surface area contributed by atoms with Crippen LogP contribution in [0.2, 0.25) is 0 Å². The van der Waals surface area contributed by atoms with E-state index in [1.54, 1.807) is 6.20 Å². The molecule has 0 radical (unpaired) electrons. The van der Waals surface area contributed by atoms with Crippen molar-refractivity contribution >= 4 is 27.6 Å². The zero-order valence-corrected chi connectivity index (χ0v) is 15.2. The number of fused-ring (bicyclic) bond motifs is 3. The Morgan fingerprint density at radius 2 is 1.92 bits per heavy atom. The Balaban J connectivity index is 1.65. The summed E-state index contributed by atoms with van der Waals surface area (Å²) < 4.78 is 0. The molecule has 1 amide bonds. The van der Waals surface area contributed by atoms with Crippen molar-refractivity contribution < 1.29 is 4.79 Å². The number of aromatic nitrogens is 1. The lowest BCUT2D eigenvalue weighted by Gasteiger charge is -2.32. The molecule has 1 aliphatic heterocycles. The van der Waals surface area contributed by atoms with Gasteiger partial charge >= 0.3 is 0 Å². The van der Waals surface area contributed by atoms with Crippen LogP contribution >= 0.6 is 0 Å². The zero-order valence-electron chi connectivity index (χ0n) is 15.2. The van der Waals surface area contributed by atoms with Crippen LogP contribution in [0.15, 0.2) is 48.7 Å². The highest BCUT2D eigenvalue weighted by Gasteiger charge is 2.25. The summed E-state index contributed by atoms with van der Waals surface area (Å²) in [4.78, 5) is 19.8. The molecule has 4 heteroatoms. The molecular weight excluding hydrogens is 322 g/mol. The fraction of sp³-hybridized carbons (Fsp3) is 0.364. The van der Waals surface area contributed by atoms with Gasteiger partial charge in [0.1, 0.15) is 0 Å². The molecule has 1 N–H and O–H groups in total. The average molecular weight is 347 g/mol. The third-order valence-electron chi connectivity index (χ3n) is 5.43. The minimum absolute atomic E-state index is 0.112. The van der Waals surface area contributed by atoms with Crippen LogP contribution in [0.1, 0.15) is 30.1 Å². The van der Waals surface area contributed by atoms with Gasteiger partial charge < -0.3 is 10.2 Å². The first-order valence-electron chi connectivity index (χ1n) is 9.54. The lowest BCUT2D eigenvalue weighted by Crippen LogP contribution is -2.40. The number of piperidine rings is 1. The second-order valence-electron chi connectivity index (χ2n) is 7.09.